The smallest absolute Gasteiger partial charge is 0.307 e. The number of hydrogen-bond donors (Lipinski definition) is 0. The normalized spacial score (nSPS) is 19.1. The summed E-state index contributed by atoms with van der Waals surface area (Å²) in [6.07, 6.45) is 28.9. The predicted molar refractivity (Wildman–Crippen MR) is 245 cm³/mol. The molecule has 10 nitrogen and oxygen atoms in total. The Balaban J connectivity index is 0.000000848. The number of hydrogen-bond acceptors (Lipinski definition) is 10. The van der Waals surface area contributed by atoms with Crippen LogP contribution in [0.1, 0.15) is 203 Å². The van der Waals surface area contributed by atoms with Crippen molar-refractivity contribution >= 4 is 24.0 Å². The number of ketones is 1. The minimum Gasteiger partial charge on any atom is -0.466 e. The number of ether oxygens (including phenoxy) is 2. The summed E-state index contributed by atoms with van der Waals surface area (Å²) in [6.45, 7) is 23.3. The fourth-order valence-electron chi connectivity index (χ4n) is 8.51. The third-order valence-electron chi connectivity index (χ3n) is 12.6. The molecule has 2 aliphatic heterocycles. The van der Waals surface area contributed by atoms with Gasteiger partial charge in [0, 0.05) is 89.4 Å². The highest BCUT2D eigenvalue weighted by Crippen LogP contribution is 2.18. The average molecular weight is 835 g/mol. The molecule has 2 saturated heterocycles. The molecular weight excluding hydrogens is 741 g/mol. The van der Waals surface area contributed by atoms with Gasteiger partial charge < -0.3 is 14.3 Å². The number of carbonyl (C=O) groups is 4. The third-order valence-corrected chi connectivity index (χ3v) is 12.6. The lowest BCUT2D eigenvalue weighted by molar-refractivity contribution is -0.146. The highest BCUT2D eigenvalue weighted by Gasteiger charge is 2.29. The van der Waals surface area contributed by atoms with Crippen LogP contribution in [0, 0.1) is 0 Å². The molecule has 0 radical (unpaired) electrons. The third kappa shape index (κ3) is 29.1. The van der Waals surface area contributed by atoms with Crippen LogP contribution < -0.4 is 0 Å². The standard InChI is InChI=1S/C36H70N2O4.C13H24N2O2/c1-5-7-9-11-13-15-17-19-21-23-29-41-35(39)25-27-37-31-34(4)38(32-33(37)3)28-26-36(40)42-30-24-22-20-18-16-14-12-10-8-6-2;1-11(4-9-16)14-5-7-15(8-6-14)12(2)10-13(3)17/h33-34H,5-32H2,1-4H3;9,11-12H,4-8,10H2,1-3H3. The summed E-state index contributed by atoms with van der Waals surface area (Å²) in [5, 5.41) is 0. The number of esters is 2. The zero-order valence-corrected chi connectivity index (χ0v) is 39.7. The molecule has 0 N–H and O–H groups in total. The SMILES string of the molecule is CC(=O)CC(C)N1CCN(C(C)CC=O)CC1.CCCCCCCCCCCCOC(=O)CCN1CC(C)N(CCC(=O)OCCCCCCCCCCCC)CC1C. The van der Waals surface area contributed by atoms with Gasteiger partial charge >= 0.3 is 11.9 Å². The first-order valence-corrected chi connectivity index (χ1v) is 24.7. The summed E-state index contributed by atoms with van der Waals surface area (Å²) in [4.78, 5) is 55.6. The molecule has 2 heterocycles. The van der Waals surface area contributed by atoms with E-state index < -0.39 is 0 Å². The van der Waals surface area contributed by atoms with E-state index in [4.69, 9.17) is 9.47 Å². The minimum atomic E-state index is -0.0710. The maximum Gasteiger partial charge on any atom is 0.307 e. The molecule has 59 heavy (non-hydrogen) atoms. The summed E-state index contributed by atoms with van der Waals surface area (Å²) in [6, 6.07) is 1.41. The van der Waals surface area contributed by atoms with Crippen molar-refractivity contribution in [1.29, 1.82) is 0 Å². The molecule has 2 aliphatic rings. The summed E-state index contributed by atoms with van der Waals surface area (Å²) in [7, 11) is 0. The van der Waals surface area contributed by atoms with Crippen molar-refractivity contribution in [3.8, 4) is 0 Å². The van der Waals surface area contributed by atoms with Gasteiger partial charge in [-0.15, -0.1) is 0 Å². The van der Waals surface area contributed by atoms with Crippen LogP contribution in [0.3, 0.4) is 0 Å². The maximum absolute atomic E-state index is 12.3. The minimum absolute atomic E-state index is 0.0710. The van der Waals surface area contributed by atoms with Gasteiger partial charge in [0.15, 0.2) is 0 Å². The Kier molecular flexibility index (Phi) is 34.3. The Labute approximate surface area is 363 Å². The van der Waals surface area contributed by atoms with Crippen molar-refractivity contribution in [2.45, 2.75) is 227 Å². The van der Waals surface area contributed by atoms with Gasteiger partial charge in [-0.05, 0) is 47.5 Å². The molecule has 2 fully saturated rings. The van der Waals surface area contributed by atoms with Crippen molar-refractivity contribution < 1.29 is 28.7 Å². The molecule has 10 heteroatoms. The van der Waals surface area contributed by atoms with E-state index in [1.165, 1.54) is 103 Å². The molecule has 2 rings (SSSR count). The molecule has 0 aliphatic carbocycles. The molecule has 4 atom stereocenters. The van der Waals surface area contributed by atoms with Crippen molar-refractivity contribution in [1.82, 2.24) is 19.6 Å². The summed E-state index contributed by atoms with van der Waals surface area (Å²) in [5.74, 6) is 0.117. The van der Waals surface area contributed by atoms with E-state index in [-0.39, 0.29) is 17.7 Å². The number of piperazine rings is 2. The molecule has 0 saturated carbocycles. The van der Waals surface area contributed by atoms with Crippen molar-refractivity contribution in [2.75, 3.05) is 65.6 Å². The van der Waals surface area contributed by atoms with Crippen molar-refractivity contribution in [3.63, 3.8) is 0 Å². The zero-order valence-electron chi connectivity index (χ0n) is 39.7. The molecule has 4 unspecified atom stereocenters. The van der Waals surface area contributed by atoms with Gasteiger partial charge in [0.05, 0.1) is 26.1 Å². The van der Waals surface area contributed by atoms with Crippen LogP contribution in [0.15, 0.2) is 0 Å². The first-order chi connectivity index (χ1) is 28.5. The lowest BCUT2D eigenvalue weighted by Crippen LogP contribution is -2.56. The molecule has 0 aromatic carbocycles. The Morgan fingerprint density at radius 2 is 0.898 bits per heavy atom. The Morgan fingerprint density at radius 3 is 1.24 bits per heavy atom. The number of Topliss-reactive ketones (excluding diaryl/α,β-unsaturated/α-hetero) is 1. The first kappa shape index (κ1) is 55.1. The Morgan fingerprint density at radius 1 is 0.559 bits per heavy atom. The summed E-state index contributed by atoms with van der Waals surface area (Å²) in [5.41, 5.74) is 0. The van der Waals surface area contributed by atoms with Crippen LogP contribution in [-0.2, 0) is 28.7 Å². The van der Waals surface area contributed by atoms with Gasteiger partial charge in [0.1, 0.15) is 12.1 Å². The highest BCUT2D eigenvalue weighted by molar-refractivity contribution is 5.76. The quantitative estimate of drug-likeness (QED) is 0.0354. The molecule has 0 aromatic rings. The lowest BCUT2D eigenvalue weighted by atomic mass is 10.1. The predicted octanol–water partition coefficient (Wildman–Crippen LogP) is 10.0. The monoisotopic (exact) mass is 835 g/mol. The molecule has 0 spiro atoms. The van der Waals surface area contributed by atoms with E-state index in [2.05, 4.69) is 61.1 Å². The van der Waals surface area contributed by atoms with Crippen molar-refractivity contribution in [2.24, 2.45) is 0 Å². The second kappa shape index (κ2) is 36.7. The van der Waals surface area contributed by atoms with Crippen LogP contribution in [0.2, 0.25) is 0 Å². The Bertz CT molecular complexity index is 1000. The zero-order chi connectivity index (χ0) is 43.5. The number of aldehydes is 1. The lowest BCUT2D eigenvalue weighted by Gasteiger charge is -2.44. The van der Waals surface area contributed by atoms with Gasteiger partial charge in [0.2, 0.25) is 0 Å². The maximum atomic E-state index is 12.3. The van der Waals surface area contributed by atoms with E-state index >= 15 is 0 Å². The van der Waals surface area contributed by atoms with E-state index in [1.807, 2.05) is 0 Å². The molecule has 0 bridgehead atoms. The van der Waals surface area contributed by atoms with Crippen LogP contribution in [0.4, 0.5) is 0 Å². The fraction of sp³-hybridized carbons (Fsp3) is 0.918. The van der Waals surface area contributed by atoms with Gasteiger partial charge in [-0.1, -0.05) is 129 Å². The number of carbonyl (C=O) groups excluding carboxylic acids is 4. The molecular formula is C49H94N4O6. The van der Waals surface area contributed by atoms with Crippen LogP contribution in [-0.4, -0.2) is 133 Å². The fourth-order valence-corrected chi connectivity index (χ4v) is 8.51. The molecule has 0 aromatic heterocycles. The van der Waals surface area contributed by atoms with E-state index in [9.17, 15) is 19.2 Å². The van der Waals surface area contributed by atoms with Crippen LogP contribution >= 0.6 is 0 Å². The van der Waals surface area contributed by atoms with Crippen LogP contribution in [0.25, 0.3) is 0 Å². The topological polar surface area (TPSA) is 99.7 Å². The van der Waals surface area contributed by atoms with Crippen LogP contribution in [0.5, 0.6) is 0 Å². The number of unbranched alkanes of at least 4 members (excludes halogenated alkanes) is 18. The van der Waals surface area contributed by atoms with Crippen molar-refractivity contribution in [3.05, 3.63) is 0 Å². The largest absolute Gasteiger partial charge is 0.466 e. The van der Waals surface area contributed by atoms with Gasteiger partial charge in [-0.25, -0.2) is 0 Å². The van der Waals surface area contributed by atoms with Gasteiger partial charge in [-0.2, -0.15) is 0 Å². The summed E-state index contributed by atoms with van der Waals surface area (Å²) >= 11 is 0. The van der Waals surface area contributed by atoms with E-state index in [0.29, 0.717) is 63.1 Å². The molecule has 0 amide bonds. The van der Waals surface area contributed by atoms with E-state index in [0.717, 1.165) is 84.3 Å². The highest BCUT2D eigenvalue weighted by atomic mass is 16.5. The summed E-state index contributed by atoms with van der Waals surface area (Å²) < 4.78 is 11.0. The second-order valence-electron chi connectivity index (χ2n) is 18.1. The Hall–Kier alpha value is -1.88. The average Bonchev–Trinajstić information content (AvgIpc) is 3.21. The number of rotatable bonds is 34. The first-order valence-electron chi connectivity index (χ1n) is 24.7. The van der Waals surface area contributed by atoms with Gasteiger partial charge in [0.25, 0.3) is 0 Å². The molecule has 346 valence electrons. The van der Waals surface area contributed by atoms with Gasteiger partial charge in [-0.3, -0.25) is 34.0 Å². The second-order valence-corrected chi connectivity index (χ2v) is 18.1. The van der Waals surface area contributed by atoms with E-state index in [1.54, 1.807) is 6.92 Å². The number of nitrogens with zero attached hydrogens (tertiary/aromatic N) is 4.